The van der Waals surface area contributed by atoms with E-state index in [1.165, 1.54) is 16.2 Å². The van der Waals surface area contributed by atoms with Gasteiger partial charge in [0.15, 0.2) is 0 Å². The van der Waals surface area contributed by atoms with Crippen LogP contribution < -0.4 is 0 Å². The van der Waals surface area contributed by atoms with Crippen molar-refractivity contribution in [2.45, 2.75) is 25.8 Å². The van der Waals surface area contributed by atoms with E-state index in [0.717, 1.165) is 16.5 Å². The maximum Gasteiger partial charge on any atom is 0.326 e. The van der Waals surface area contributed by atoms with E-state index in [2.05, 4.69) is 0 Å². The van der Waals surface area contributed by atoms with Crippen LogP contribution in [-0.4, -0.2) is 34.5 Å². The third-order valence-corrected chi connectivity index (χ3v) is 5.15. The van der Waals surface area contributed by atoms with Crippen molar-refractivity contribution in [3.8, 4) is 0 Å². The van der Waals surface area contributed by atoms with Gasteiger partial charge in [0.2, 0.25) is 0 Å². The summed E-state index contributed by atoms with van der Waals surface area (Å²) in [5.74, 6) is -0.718. The monoisotopic (exact) mass is 303 g/mol. The minimum absolute atomic E-state index is 0.157. The summed E-state index contributed by atoms with van der Waals surface area (Å²) < 4.78 is 1.05. The lowest BCUT2D eigenvalue weighted by molar-refractivity contribution is -0.144. The van der Waals surface area contributed by atoms with Gasteiger partial charge in [-0.3, -0.25) is 4.79 Å². The van der Waals surface area contributed by atoms with Crippen molar-refractivity contribution in [3.05, 3.63) is 35.2 Å². The minimum atomic E-state index is -0.906. The quantitative estimate of drug-likeness (QED) is 0.926. The first kappa shape index (κ1) is 14.1. The van der Waals surface area contributed by atoms with Crippen LogP contribution >= 0.6 is 11.3 Å². The predicted molar refractivity (Wildman–Crippen MR) is 82.7 cm³/mol. The predicted octanol–water partition coefficient (Wildman–Crippen LogP) is 3.23. The number of aliphatic carboxylic acids is 1. The molecular formula is C16H17NO3S. The third kappa shape index (κ3) is 2.65. The van der Waals surface area contributed by atoms with Crippen molar-refractivity contribution in [2.75, 3.05) is 6.54 Å². The molecule has 1 fully saturated rings. The fraction of sp³-hybridized carbons (Fsp3) is 0.375. The summed E-state index contributed by atoms with van der Waals surface area (Å²) in [5, 5.41) is 10.4. The van der Waals surface area contributed by atoms with E-state index in [1.54, 1.807) is 0 Å². The Morgan fingerprint density at radius 2 is 2.10 bits per heavy atom. The van der Waals surface area contributed by atoms with E-state index in [0.29, 0.717) is 23.8 Å². The number of carbonyl (C=O) groups excluding carboxylic acids is 1. The summed E-state index contributed by atoms with van der Waals surface area (Å²) in [4.78, 5) is 26.2. The van der Waals surface area contributed by atoms with Gasteiger partial charge in [-0.25, -0.2) is 4.79 Å². The normalized spacial score (nSPS) is 22.4. The van der Waals surface area contributed by atoms with Crippen molar-refractivity contribution in [1.29, 1.82) is 0 Å². The second-order valence-electron chi connectivity index (χ2n) is 5.63. The lowest BCUT2D eigenvalue weighted by Crippen LogP contribution is -2.49. The minimum Gasteiger partial charge on any atom is -0.480 e. The molecule has 1 aliphatic heterocycles. The Morgan fingerprint density at radius 3 is 2.81 bits per heavy atom. The lowest BCUT2D eigenvalue weighted by Gasteiger charge is -2.35. The number of carbonyl (C=O) groups is 2. The second-order valence-corrected chi connectivity index (χ2v) is 6.71. The van der Waals surface area contributed by atoms with Crippen molar-refractivity contribution >= 4 is 33.3 Å². The highest BCUT2D eigenvalue weighted by Crippen LogP contribution is 2.29. The molecule has 0 aliphatic carbocycles. The first-order chi connectivity index (χ1) is 10.1. The summed E-state index contributed by atoms with van der Waals surface area (Å²) in [5.41, 5.74) is 0. The average molecular weight is 303 g/mol. The summed E-state index contributed by atoms with van der Waals surface area (Å²) in [6, 6.07) is 8.98. The van der Waals surface area contributed by atoms with E-state index < -0.39 is 12.0 Å². The molecular weight excluding hydrogens is 286 g/mol. The molecule has 0 spiro atoms. The Morgan fingerprint density at radius 1 is 1.33 bits per heavy atom. The summed E-state index contributed by atoms with van der Waals surface area (Å²) in [6.07, 6.45) is 1.40. The SMILES string of the molecule is CC1CCN(C(=O)c2cc3ccccc3s2)C(C(=O)O)C1. The van der Waals surface area contributed by atoms with Gasteiger partial charge >= 0.3 is 5.97 Å². The molecule has 0 radical (unpaired) electrons. The molecule has 1 aromatic carbocycles. The Hall–Kier alpha value is -1.88. The van der Waals surface area contributed by atoms with Crippen LogP contribution in [0.4, 0.5) is 0 Å². The number of likely N-dealkylation sites (tertiary alicyclic amines) is 1. The highest BCUT2D eigenvalue weighted by atomic mass is 32.1. The van der Waals surface area contributed by atoms with Crippen LogP contribution in [0.5, 0.6) is 0 Å². The molecule has 1 N–H and O–H groups in total. The number of piperidine rings is 1. The number of nitrogens with zero attached hydrogens (tertiary/aromatic N) is 1. The number of hydrogen-bond donors (Lipinski definition) is 1. The number of amides is 1. The zero-order valence-corrected chi connectivity index (χ0v) is 12.6. The smallest absolute Gasteiger partial charge is 0.326 e. The Bertz CT molecular complexity index is 661. The van der Waals surface area contributed by atoms with Gasteiger partial charge < -0.3 is 10.0 Å². The fourth-order valence-corrected chi connectivity index (χ4v) is 3.87. The zero-order valence-electron chi connectivity index (χ0n) is 11.8. The van der Waals surface area contributed by atoms with E-state index in [4.69, 9.17) is 0 Å². The molecule has 5 heteroatoms. The zero-order chi connectivity index (χ0) is 15.0. The van der Waals surface area contributed by atoms with E-state index in [9.17, 15) is 14.7 Å². The molecule has 2 aromatic rings. The van der Waals surface area contributed by atoms with Gasteiger partial charge in [0, 0.05) is 11.2 Å². The van der Waals surface area contributed by atoms with Gasteiger partial charge in [0.05, 0.1) is 4.88 Å². The van der Waals surface area contributed by atoms with Crippen molar-refractivity contribution < 1.29 is 14.7 Å². The fourth-order valence-electron chi connectivity index (χ4n) is 2.85. The van der Waals surface area contributed by atoms with Crippen LogP contribution in [0.1, 0.15) is 29.4 Å². The van der Waals surface area contributed by atoms with Crippen LogP contribution in [0.3, 0.4) is 0 Å². The molecule has 110 valence electrons. The number of thiophene rings is 1. The molecule has 2 heterocycles. The number of carboxylic acids is 1. The van der Waals surface area contributed by atoms with Gasteiger partial charge in [-0.2, -0.15) is 0 Å². The van der Waals surface area contributed by atoms with E-state index in [1.807, 2.05) is 37.3 Å². The van der Waals surface area contributed by atoms with Crippen molar-refractivity contribution in [2.24, 2.45) is 5.92 Å². The topological polar surface area (TPSA) is 57.6 Å². The number of hydrogen-bond acceptors (Lipinski definition) is 3. The highest BCUT2D eigenvalue weighted by molar-refractivity contribution is 7.20. The van der Waals surface area contributed by atoms with Gasteiger partial charge in [0.1, 0.15) is 6.04 Å². The number of carboxylic acid groups (broad SMARTS) is 1. The maximum absolute atomic E-state index is 12.7. The van der Waals surface area contributed by atoms with Crippen LogP contribution in [0, 0.1) is 5.92 Å². The number of fused-ring (bicyclic) bond motifs is 1. The Balaban J connectivity index is 1.90. The Labute approximate surface area is 127 Å². The van der Waals surface area contributed by atoms with Crippen LogP contribution in [0.2, 0.25) is 0 Å². The highest BCUT2D eigenvalue weighted by Gasteiger charge is 2.35. The van der Waals surface area contributed by atoms with Crippen LogP contribution in [0.25, 0.3) is 10.1 Å². The largest absolute Gasteiger partial charge is 0.480 e. The molecule has 21 heavy (non-hydrogen) atoms. The Kier molecular flexibility index (Phi) is 3.68. The molecule has 1 amide bonds. The van der Waals surface area contributed by atoms with Gasteiger partial charge in [-0.05, 0) is 36.3 Å². The van der Waals surface area contributed by atoms with E-state index >= 15 is 0 Å². The van der Waals surface area contributed by atoms with E-state index in [-0.39, 0.29) is 5.91 Å². The summed E-state index contributed by atoms with van der Waals surface area (Å²) in [6.45, 7) is 2.56. The first-order valence-corrected chi connectivity index (χ1v) is 7.90. The standard InChI is InChI=1S/C16H17NO3S/c1-10-6-7-17(12(8-10)16(19)20)15(18)14-9-11-4-2-3-5-13(11)21-14/h2-5,9-10,12H,6-8H2,1H3,(H,19,20). The average Bonchev–Trinajstić information content (AvgIpc) is 2.90. The number of benzene rings is 1. The van der Waals surface area contributed by atoms with Crippen molar-refractivity contribution in [1.82, 2.24) is 4.90 Å². The lowest BCUT2D eigenvalue weighted by atomic mass is 9.92. The molecule has 0 saturated carbocycles. The molecule has 4 nitrogen and oxygen atoms in total. The molecule has 0 bridgehead atoms. The van der Waals surface area contributed by atoms with Crippen LogP contribution in [-0.2, 0) is 4.79 Å². The van der Waals surface area contributed by atoms with Crippen LogP contribution in [0.15, 0.2) is 30.3 Å². The van der Waals surface area contributed by atoms with Gasteiger partial charge in [-0.1, -0.05) is 25.1 Å². The molecule has 2 unspecified atom stereocenters. The third-order valence-electron chi connectivity index (χ3n) is 4.05. The maximum atomic E-state index is 12.7. The summed E-state index contributed by atoms with van der Waals surface area (Å²) >= 11 is 1.43. The molecule has 2 atom stereocenters. The summed E-state index contributed by atoms with van der Waals surface area (Å²) in [7, 11) is 0. The molecule has 1 aliphatic rings. The van der Waals surface area contributed by atoms with Gasteiger partial charge in [-0.15, -0.1) is 11.3 Å². The van der Waals surface area contributed by atoms with Crippen molar-refractivity contribution in [3.63, 3.8) is 0 Å². The second kappa shape index (κ2) is 5.48. The first-order valence-electron chi connectivity index (χ1n) is 7.08. The molecule has 3 rings (SSSR count). The number of rotatable bonds is 2. The van der Waals surface area contributed by atoms with Gasteiger partial charge in [0.25, 0.3) is 5.91 Å². The molecule has 1 saturated heterocycles. The molecule has 1 aromatic heterocycles.